The molecule has 5 heteroatoms. The molecule has 1 amide bonds. The number of hydrogen-bond acceptors (Lipinski definition) is 3. The normalized spacial score (nSPS) is 11.0. The predicted octanol–water partition coefficient (Wildman–Crippen LogP) is 3.96. The highest BCUT2D eigenvalue weighted by Gasteiger charge is 2.15. The number of nitrogens with zero attached hydrogens (tertiary/aromatic N) is 3. The Balaban J connectivity index is 2.19. The molecule has 1 aromatic heterocycles. The van der Waals surface area contributed by atoms with Crippen LogP contribution in [0.15, 0.2) is 41.8 Å². The molecule has 1 aromatic carbocycles. The van der Waals surface area contributed by atoms with Crippen molar-refractivity contribution >= 4 is 17.7 Å². The number of benzene rings is 1. The van der Waals surface area contributed by atoms with Gasteiger partial charge in [0.25, 0.3) is 0 Å². The molecule has 0 fully saturated rings. The van der Waals surface area contributed by atoms with Crippen LogP contribution in [-0.4, -0.2) is 39.2 Å². The van der Waals surface area contributed by atoms with Crippen molar-refractivity contribution in [3.8, 4) is 5.69 Å². The second-order valence-electron chi connectivity index (χ2n) is 5.65. The van der Waals surface area contributed by atoms with Gasteiger partial charge >= 0.3 is 0 Å². The minimum Gasteiger partial charge on any atom is -0.343 e. The highest BCUT2D eigenvalue weighted by atomic mass is 32.2. The fourth-order valence-corrected chi connectivity index (χ4v) is 3.44. The van der Waals surface area contributed by atoms with Crippen LogP contribution in [0, 0.1) is 0 Å². The number of imidazole rings is 1. The Bertz CT molecular complexity index is 647. The van der Waals surface area contributed by atoms with Crippen LogP contribution >= 0.6 is 11.8 Å². The van der Waals surface area contributed by atoms with E-state index in [1.54, 1.807) is 6.20 Å². The number of carbonyl (C=O) groups is 1. The van der Waals surface area contributed by atoms with Crippen molar-refractivity contribution in [2.24, 2.45) is 0 Å². The largest absolute Gasteiger partial charge is 0.343 e. The Morgan fingerprint density at radius 2 is 1.96 bits per heavy atom. The number of aromatic nitrogens is 2. The Labute approximate surface area is 142 Å². The molecule has 124 valence electrons. The maximum atomic E-state index is 12.2. The lowest BCUT2D eigenvalue weighted by Crippen LogP contribution is -2.31. The second-order valence-corrected chi connectivity index (χ2v) is 6.59. The van der Waals surface area contributed by atoms with Crippen LogP contribution in [0.25, 0.3) is 5.69 Å². The number of rotatable bonds is 7. The van der Waals surface area contributed by atoms with Crippen molar-refractivity contribution in [2.45, 2.75) is 38.8 Å². The van der Waals surface area contributed by atoms with Crippen molar-refractivity contribution in [1.29, 1.82) is 0 Å². The summed E-state index contributed by atoms with van der Waals surface area (Å²) in [5.41, 5.74) is 2.42. The number of para-hydroxylation sites is 1. The summed E-state index contributed by atoms with van der Waals surface area (Å²) in [6.45, 7) is 9.89. The quantitative estimate of drug-likeness (QED) is 0.721. The molecule has 0 radical (unpaired) electrons. The molecule has 0 spiro atoms. The molecule has 0 aliphatic carbocycles. The van der Waals surface area contributed by atoms with Gasteiger partial charge in [0, 0.05) is 25.5 Å². The molecule has 0 N–H and O–H groups in total. The lowest BCUT2D eigenvalue weighted by Gasteiger charge is -2.18. The molecule has 0 unspecified atom stereocenters. The van der Waals surface area contributed by atoms with Crippen molar-refractivity contribution in [3.05, 3.63) is 42.2 Å². The van der Waals surface area contributed by atoms with Gasteiger partial charge in [0.05, 0.1) is 11.4 Å². The Kier molecular flexibility index (Phi) is 6.28. The second kappa shape index (κ2) is 8.20. The zero-order valence-electron chi connectivity index (χ0n) is 14.3. The van der Waals surface area contributed by atoms with Gasteiger partial charge in [-0.05, 0) is 31.4 Å². The molecule has 0 saturated heterocycles. The van der Waals surface area contributed by atoms with E-state index in [1.165, 1.54) is 17.3 Å². The van der Waals surface area contributed by atoms with E-state index >= 15 is 0 Å². The monoisotopic (exact) mass is 331 g/mol. The van der Waals surface area contributed by atoms with Crippen LogP contribution in [0.2, 0.25) is 0 Å². The first-order chi connectivity index (χ1) is 11.1. The summed E-state index contributed by atoms with van der Waals surface area (Å²) in [5, 5.41) is 0.860. The van der Waals surface area contributed by atoms with Gasteiger partial charge in [0.1, 0.15) is 0 Å². The summed E-state index contributed by atoms with van der Waals surface area (Å²) in [6.07, 6.45) is 3.76. The zero-order chi connectivity index (χ0) is 16.8. The highest BCUT2D eigenvalue weighted by Crippen LogP contribution is 2.27. The summed E-state index contributed by atoms with van der Waals surface area (Å²) < 4.78 is 2.08. The van der Waals surface area contributed by atoms with E-state index < -0.39 is 0 Å². The smallest absolute Gasteiger partial charge is 0.233 e. The van der Waals surface area contributed by atoms with Crippen LogP contribution in [0.5, 0.6) is 0 Å². The molecule has 1 heterocycles. The van der Waals surface area contributed by atoms with E-state index in [9.17, 15) is 4.79 Å². The number of amides is 1. The van der Waals surface area contributed by atoms with E-state index in [0.717, 1.165) is 23.9 Å². The average molecular weight is 331 g/mol. The molecule has 0 atom stereocenters. The van der Waals surface area contributed by atoms with Gasteiger partial charge in [-0.2, -0.15) is 0 Å². The van der Waals surface area contributed by atoms with Crippen LogP contribution in [0.3, 0.4) is 0 Å². The summed E-state index contributed by atoms with van der Waals surface area (Å²) in [4.78, 5) is 18.5. The van der Waals surface area contributed by atoms with Crippen LogP contribution in [0.1, 0.15) is 39.2 Å². The third kappa shape index (κ3) is 4.16. The van der Waals surface area contributed by atoms with Crippen molar-refractivity contribution in [1.82, 2.24) is 14.5 Å². The van der Waals surface area contributed by atoms with E-state index in [0.29, 0.717) is 11.7 Å². The molecule has 4 nitrogen and oxygen atoms in total. The zero-order valence-corrected chi connectivity index (χ0v) is 15.1. The SMILES string of the molecule is CCN(CC)C(=O)CSc1nccn1-c1ccccc1C(C)C. The first-order valence-corrected chi connectivity index (χ1v) is 9.10. The van der Waals surface area contributed by atoms with Gasteiger partial charge in [-0.1, -0.05) is 43.8 Å². The molecule has 0 aliphatic rings. The van der Waals surface area contributed by atoms with Crippen LogP contribution in [0.4, 0.5) is 0 Å². The topological polar surface area (TPSA) is 38.1 Å². The lowest BCUT2D eigenvalue weighted by atomic mass is 10.0. The van der Waals surface area contributed by atoms with Gasteiger partial charge in [-0.15, -0.1) is 0 Å². The minimum absolute atomic E-state index is 0.159. The molecule has 2 aromatic rings. The fraction of sp³-hybridized carbons (Fsp3) is 0.444. The molecule has 23 heavy (non-hydrogen) atoms. The van der Waals surface area contributed by atoms with Crippen LogP contribution < -0.4 is 0 Å². The lowest BCUT2D eigenvalue weighted by molar-refractivity contribution is -0.127. The molecule has 0 aliphatic heterocycles. The van der Waals surface area contributed by atoms with E-state index in [1.807, 2.05) is 31.0 Å². The van der Waals surface area contributed by atoms with Crippen molar-refractivity contribution < 1.29 is 4.79 Å². The maximum Gasteiger partial charge on any atom is 0.233 e. The van der Waals surface area contributed by atoms with Gasteiger partial charge < -0.3 is 4.90 Å². The fourth-order valence-electron chi connectivity index (χ4n) is 2.57. The summed E-state index contributed by atoms with van der Waals surface area (Å²) in [5.74, 6) is 1.01. The third-order valence-electron chi connectivity index (χ3n) is 3.87. The standard InChI is InChI=1S/C18H25N3OS/c1-5-20(6-2)17(22)13-23-18-19-11-12-21(18)16-10-8-7-9-15(16)14(3)4/h7-12,14H,5-6,13H2,1-4H3. The van der Waals surface area contributed by atoms with Gasteiger partial charge in [0.15, 0.2) is 5.16 Å². The number of carbonyl (C=O) groups excluding carboxylic acids is 1. The molecule has 0 bridgehead atoms. The minimum atomic E-state index is 0.159. The molecular formula is C18H25N3OS. The molecule has 0 saturated carbocycles. The average Bonchev–Trinajstić information content (AvgIpc) is 3.02. The Morgan fingerprint density at radius 3 is 2.61 bits per heavy atom. The third-order valence-corrected chi connectivity index (χ3v) is 4.82. The van der Waals surface area contributed by atoms with Crippen LogP contribution in [-0.2, 0) is 4.79 Å². The maximum absolute atomic E-state index is 12.2. The first kappa shape index (κ1) is 17.6. The first-order valence-electron chi connectivity index (χ1n) is 8.11. The Hall–Kier alpha value is -1.75. The summed E-state index contributed by atoms with van der Waals surface area (Å²) in [7, 11) is 0. The number of hydrogen-bond donors (Lipinski definition) is 0. The van der Waals surface area contributed by atoms with Crippen molar-refractivity contribution in [2.75, 3.05) is 18.8 Å². The molecular weight excluding hydrogens is 306 g/mol. The summed E-state index contributed by atoms with van der Waals surface area (Å²) in [6, 6.07) is 8.35. The number of thioether (sulfide) groups is 1. The van der Waals surface area contributed by atoms with E-state index in [2.05, 4.69) is 41.6 Å². The Morgan fingerprint density at radius 1 is 1.26 bits per heavy atom. The highest BCUT2D eigenvalue weighted by molar-refractivity contribution is 7.99. The van der Waals surface area contributed by atoms with E-state index in [-0.39, 0.29) is 5.91 Å². The molecule has 2 rings (SSSR count). The van der Waals surface area contributed by atoms with Crippen molar-refractivity contribution in [3.63, 3.8) is 0 Å². The summed E-state index contributed by atoms with van der Waals surface area (Å²) >= 11 is 1.50. The van der Waals surface area contributed by atoms with Gasteiger partial charge in [-0.3, -0.25) is 9.36 Å². The van der Waals surface area contributed by atoms with Gasteiger partial charge in [-0.25, -0.2) is 4.98 Å². The van der Waals surface area contributed by atoms with E-state index in [4.69, 9.17) is 0 Å². The predicted molar refractivity (Wildman–Crippen MR) is 96.3 cm³/mol. The van der Waals surface area contributed by atoms with Gasteiger partial charge in [0.2, 0.25) is 5.91 Å².